The highest BCUT2D eigenvalue weighted by Gasteiger charge is 2.38. The van der Waals surface area contributed by atoms with Crippen LogP contribution in [0.1, 0.15) is 17.9 Å². The van der Waals surface area contributed by atoms with E-state index >= 15 is 0 Å². The van der Waals surface area contributed by atoms with Gasteiger partial charge in [0.05, 0.1) is 16.9 Å². The quantitative estimate of drug-likeness (QED) is 0.481. The molecule has 0 radical (unpaired) electrons. The van der Waals surface area contributed by atoms with Gasteiger partial charge in [-0.05, 0) is 24.0 Å². The molecule has 98 valence electrons. The second-order valence-corrected chi connectivity index (χ2v) is 4.82. The van der Waals surface area contributed by atoms with E-state index in [1.165, 1.54) is 12.1 Å². The van der Waals surface area contributed by atoms with E-state index in [4.69, 9.17) is 0 Å². The number of carbonyl (C=O) groups is 1. The molecule has 0 unspecified atom stereocenters. The van der Waals surface area contributed by atoms with Crippen molar-refractivity contribution in [2.24, 2.45) is 5.92 Å². The van der Waals surface area contributed by atoms with Crippen LogP contribution in [0.15, 0.2) is 30.4 Å². The molecule has 0 bridgehead atoms. The summed E-state index contributed by atoms with van der Waals surface area (Å²) in [5.74, 6) is -1.37. The van der Waals surface area contributed by atoms with Crippen molar-refractivity contribution in [1.29, 1.82) is 0 Å². The number of fused-ring (bicyclic) bond motifs is 3. The molecule has 0 aromatic heterocycles. The summed E-state index contributed by atoms with van der Waals surface area (Å²) >= 11 is 0. The Balaban J connectivity index is 2.08. The van der Waals surface area contributed by atoms with E-state index in [2.05, 4.69) is 5.32 Å². The lowest BCUT2D eigenvalue weighted by Gasteiger charge is -2.37. The minimum atomic E-state index is -1.14. The predicted molar refractivity (Wildman–Crippen MR) is 65.5 cm³/mol. The number of anilines is 1. The number of allylic oxidation sites excluding steroid dienone is 2. The van der Waals surface area contributed by atoms with E-state index < -0.39 is 16.9 Å². The molecule has 3 rings (SSSR count). The van der Waals surface area contributed by atoms with Gasteiger partial charge in [0, 0.05) is 23.7 Å². The number of nitro groups is 1. The fourth-order valence-electron chi connectivity index (χ4n) is 2.93. The summed E-state index contributed by atoms with van der Waals surface area (Å²) in [5.41, 5.74) is 1.43. The molecule has 6 nitrogen and oxygen atoms in total. The van der Waals surface area contributed by atoms with Crippen LogP contribution in [0.4, 0.5) is 11.4 Å². The number of non-ortho nitro benzene ring substituents is 1. The molecule has 0 saturated carbocycles. The first-order chi connectivity index (χ1) is 9.08. The fraction of sp³-hybridized carbons (Fsp3) is 0.308. The Hall–Kier alpha value is -2.37. The van der Waals surface area contributed by atoms with Crippen LogP contribution in [-0.2, 0) is 4.79 Å². The zero-order chi connectivity index (χ0) is 13.6. The Morgan fingerprint density at radius 3 is 2.89 bits per heavy atom. The van der Waals surface area contributed by atoms with E-state index in [1.54, 1.807) is 6.07 Å². The van der Waals surface area contributed by atoms with Gasteiger partial charge >= 0.3 is 0 Å². The molecule has 0 saturated heterocycles. The number of hydrogen-bond acceptors (Lipinski definition) is 5. The lowest BCUT2D eigenvalue weighted by molar-refractivity contribution is -0.384. The number of benzene rings is 1. The molecule has 1 heterocycles. The molecule has 1 aromatic rings. The summed E-state index contributed by atoms with van der Waals surface area (Å²) in [7, 11) is 0. The average molecular weight is 259 g/mol. The number of carbonyl (C=O) groups excluding carboxylic acids is 1. The Kier molecular flexibility index (Phi) is 2.51. The van der Waals surface area contributed by atoms with Gasteiger partial charge in [-0.1, -0.05) is 12.2 Å². The van der Waals surface area contributed by atoms with E-state index in [0.29, 0.717) is 12.1 Å². The molecule has 0 spiro atoms. The minimum absolute atomic E-state index is 0.0199. The molecule has 0 fully saturated rings. The molecular weight excluding hydrogens is 248 g/mol. The van der Waals surface area contributed by atoms with Crippen LogP contribution >= 0.6 is 0 Å². The number of aliphatic carboxylic acids is 1. The van der Waals surface area contributed by atoms with Crippen molar-refractivity contribution in [3.05, 3.63) is 46.0 Å². The van der Waals surface area contributed by atoms with Crippen LogP contribution in [0.5, 0.6) is 0 Å². The maximum Gasteiger partial charge on any atom is 0.269 e. The standard InChI is InChI=1S/C13H12N2O4/c16-13(17)12-9-3-1-2-8(9)10-6-7(15(18)19)4-5-11(10)14-12/h1-2,4-6,8-9,12,14H,3H2,(H,16,17)/p-1/t8-,9+,12+/m0/s1. The highest BCUT2D eigenvalue weighted by atomic mass is 16.6. The lowest BCUT2D eigenvalue weighted by atomic mass is 9.79. The zero-order valence-corrected chi connectivity index (χ0v) is 9.91. The number of nitrogens with one attached hydrogen (secondary N) is 1. The highest BCUT2D eigenvalue weighted by molar-refractivity contribution is 5.79. The number of nitrogens with zero attached hydrogens (tertiary/aromatic N) is 1. The Morgan fingerprint density at radius 2 is 2.21 bits per heavy atom. The lowest BCUT2D eigenvalue weighted by Crippen LogP contribution is -2.48. The van der Waals surface area contributed by atoms with Gasteiger partial charge in [-0.3, -0.25) is 10.1 Å². The first kappa shape index (κ1) is 11.7. The summed E-state index contributed by atoms with van der Waals surface area (Å²) < 4.78 is 0. The third-order valence-electron chi connectivity index (χ3n) is 3.81. The van der Waals surface area contributed by atoms with Crippen LogP contribution in [0.2, 0.25) is 0 Å². The first-order valence-electron chi connectivity index (χ1n) is 6.00. The molecule has 3 atom stereocenters. The molecule has 6 heteroatoms. The molecule has 2 aliphatic rings. The van der Waals surface area contributed by atoms with Gasteiger partial charge in [-0.2, -0.15) is 0 Å². The first-order valence-corrected chi connectivity index (χ1v) is 6.00. The third-order valence-corrected chi connectivity index (χ3v) is 3.81. The number of hydrogen-bond donors (Lipinski definition) is 1. The summed E-state index contributed by atoms with van der Waals surface area (Å²) in [6, 6.07) is 3.69. The topological polar surface area (TPSA) is 95.3 Å². The third kappa shape index (κ3) is 1.76. The maximum absolute atomic E-state index is 11.2. The van der Waals surface area contributed by atoms with E-state index in [-0.39, 0.29) is 17.5 Å². The van der Waals surface area contributed by atoms with Crippen LogP contribution in [-0.4, -0.2) is 16.9 Å². The van der Waals surface area contributed by atoms with E-state index in [1.807, 2.05) is 12.2 Å². The number of carboxylic acid groups (broad SMARTS) is 1. The van der Waals surface area contributed by atoms with Crippen LogP contribution in [0.3, 0.4) is 0 Å². The summed E-state index contributed by atoms with van der Waals surface area (Å²) in [5, 5.41) is 24.9. The maximum atomic E-state index is 11.2. The monoisotopic (exact) mass is 259 g/mol. The molecular formula is C13H11N2O4-. The molecule has 1 aromatic carbocycles. The summed E-state index contributed by atoms with van der Waals surface area (Å²) in [6.07, 6.45) is 4.48. The number of rotatable bonds is 2. The van der Waals surface area contributed by atoms with Crippen molar-refractivity contribution in [3.8, 4) is 0 Å². The second kappa shape index (κ2) is 4.08. The number of nitro benzene ring substituents is 1. The number of carboxylic acids is 1. The fourth-order valence-corrected chi connectivity index (χ4v) is 2.93. The molecule has 1 aliphatic heterocycles. The zero-order valence-electron chi connectivity index (χ0n) is 9.91. The van der Waals surface area contributed by atoms with Gasteiger partial charge < -0.3 is 15.2 Å². The predicted octanol–water partition coefficient (Wildman–Crippen LogP) is 0.798. The van der Waals surface area contributed by atoms with Crippen molar-refractivity contribution in [2.45, 2.75) is 18.4 Å². The van der Waals surface area contributed by atoms with Crippen molar-refractivity contribution in [2.75, 3.05) is 5.32 Å². The van der Waals surface area contributed by atoms with Crippen LogP contribution in [0.25, 0.3) is 0 Å². The molecule has 1 aliphatic carbocycles. The highest BCUT2D eigenvalue weighted by Crippen LogP contribution is 2.45. The van der Waals surface area contributed by atoms with Gasteiger partial charge in [0.2, 0.25) is 0 Å². The minimum Gasteiger partial charge on any atom is -0.548 e. The SMILES string of the molecule is O=C([O-])[C@@H]1Nc2ccc([N+](=O)[O-])cc2[C@H]2C=CC[C@H]21. The van der Waals surface area contributed by atoms with Gasteiger partial charge in [-0.25, -0.2) is 0 Å². The van der Waals surface area contributed by atoms with Gasteiger partial charge in [-0.15, -0.1) is 0 Å². The normalized spacial score (nSPS) is 27.3. The average Bonchev–Trinajstić information content (AvgIpc) is 2.86. The second-order valence-electron chi connectivity index (χ2n) is 4.82. The molecule has 1 N–H and O–H groups in total. The van der Waals surface area contributed by atoms with Crippen LogP contribution < -0.4 is 10.4 Å². The van der Waals surface area contributed by atoms with E-state index in [0.717, 1.165) is 5.56 Å². The van der Waals surface area contributed by atoms with Crippen molar-refractivity contribution < 1.29 is 14.8 Å². The van der Waals surface area contributed by atoms with Crippen molar-refractivity contribution >= 4 is 17.3 Å². The Morgan fingerprint density at radius 1 is 1.42 bits per heavy atom. The van der Waals surface area contributed by atoms with Gasteiger partial charge in [0.15, 0.2) is 0 Å². The summed E-state index contributed by atoms with van der Waals surface area (Å²) in [6.45, 7) is 0. The van der Waals surface area contributed by atoms with Crippen LogP contribution in [0, 0.1) is 16.0 Å². The largest absolute Gasteiger partial charge is 0.548 e. The van der Waals surface area contributed by atoms with Crippen molar-refractivity contribution in [3.63, 3.8) is 0 Å². The molecule has 0 amide bonds. The Bertz CT molecular complexity index is 596. The van der Waals surface area contributed by atoms with Gasteiger partial charge in [0.1, 0.15) is 0 Å². The molecule has 19 heavy (non-hydrogen) atoms. The Labute approximate surface area is 108 Å². The van der Waals surface area contributed by atoms with E-state index in [9.17, 15) is 20.0 Å². The van der Waals surface area contributed by atoms with Crippen molar-refractivity contribution in [1.82, 2.24) is 0 Å². The van der Waals surface area contributed by atoms with Gasteiger partial charge in [0.25, 0.3) is 5.69 Å². The smallest absolute Gasteiger partial charge is 0.269 e. The summed E-state index contributed by atoms with van der Waals surface area (Å²) in [4.78, 5) is 21.5.